The van der Waals surface area contributed by atoms with E-state index in [1.807, 2.05) is 6.20 Å². The molecule has 21 heavy (non-hydrogen) atoms. The van der Waals surface area contributed by atoms with E-state index >= 15 is 0 Å². The van der Waals surface area contributed by atoms with Gasteiger partial charge in [0.2, 0.25) is 0 Å². The molecule has 0 amide bonds. The zero-order chi connectivity index (χ0) is 15.3. The van der Waals surface area contributed by atoms with Gasteiger partial charge >= 0.3 is 0 Å². The highest BCUT2D eigenvalue weighted by atomic mass is 15.3. The van der Waals surface area contributed by atoms with Crippen LogP contribution in [0.3, 0.4) is 0 Å². The second kappa shape index (κ2) is 11.8. The lowest BCUT2D eigenvalue weighted by Crippen LogP contribution is -2.18. The van der Waals surface area contributed by atoms with E-state index in [0.29, 0.717) is 6.04 Å². The Morgan fingerprint density at radius 2 is 1.67 bits per heavy atom. The molecule has 1 rings (SSSR count). The first-order valence-corrected chi connectivity index (χ1v) is 9.03. The SMILES string of the molecule is CCCCCCCCCCn1cc(C(C)NCCC)cn1. The van der Waals surface area contributed by atoms with E-state index in [2.05, 4.69) is 42.1 Å². The van der Waals surface area contributed by atoms with Crippen molar-refractivity contribution in [3.8, 4) is 0 Å². The molecule has 0 saturated carbocycles. The van der Waals surface area contributed by atoms with E-state index in [0.717, 1.165) is 13.1 Å². The van der Waals surface area contributed by atoms with Gasteiger partial charge in [0.25, 0.3) is 0 Å². The molecule has 0 aromatic carbocycles. The molecule has 1 heterocycles. The number of nitrogens with one attached hydrogen (secondary N) is 1. The third-order valence-corrected chi connectivity index (χ3v) is 4.09. The number of rotatable bonds is 13. The van der Waals surface area contributed by atoms with Crippen LogP contribution in [0.4, 0.5) is 0 Å². The molecule has 1 unspecified atom stereocenters. The minimum atomic E-state index is 0.414. The Hall–Kier alpha value is -0.830. The summed E-state index contributed by atoms with van der Waals surface area (Å²) in [6.45, 7) is 8.83. The van der Waals surface area contributed by atoms with Gasteiger partial charge in [-0.05, 0) is 26.3 Å². The van der Waals surface area contributed by atoms with E-state index in [-0.39, 0.29) is 0 Å². The van der Waals surface area contributed by atoms with Gasteiger partial charge in [0, 0.05) is 24.3 Å². The average molecular weight is 293 g/mol. The van der Waals surface area contributed by atoms with Crippen LogP contribution >= 0.6 is 0 Å². The molecule has 3 heteroatoms. The summed E-state index contributed by atoms with van der Waals surface area (Å²) < 4.78 is 2.11. The van der Waals surface area contributed by atoms with Crippen molar-refractivity contribution in [2.45, 2.75) is 91.1 Å². The summed E-state index contributed by atoms with van der Waals surface area (Å²) in [6, 6.07) is 0.414. The molecule has 0 spiro atoms. The van der Waals surface area contributed by atoms with Crippen molar-refractivity contribution in [1.29, 1.82) is 0 Å². The van der Waals surface area contributed by atoms with Crippen molar-refractivity contribution >= 4 is 0 Å². The topological polar surface area (TPSA) is 29.9 Å². The number of aromatic nitrogens is 2. The van der Waals surface area contributed by atoms with Crippen molar-refractivity contribution in [2.24, 2.45) is 0 Å². The predicted octanol–water partition coefficient (Wildman–Crippen LogP) is 5.08. The summed E-state index contributed by atoms with van der Waals surface area (Å²) in [4.78, 5) is 0. The molecule has 1 atom stereocenters. The molecule has 0 saturated heterocycles. The molecular formula is C18H35N3. The molecule has 0 aliphatic carbocycles. The van der Waals surface area contributed by atoms with Gasteiger partial charge in [-0.3, -0.25) is 4.68 Å². The number of nitrogens with zero attached hydrogens (tertiary/aromatic N) is 2. The Morgan fingerprint density at radius 1 is 1.00 bits per heavy atom. The lowest BCUT2D eigenvalue weighted by Gasteiger charge is -2.10. The van der Waals surface area contributed by atoms with Crippen molar-refractivity contribution < 1.29 is 0 Å². The minimum Gasteiger partial charge on any atom is -0.310 e. The number of aryl methyl sites for hydroxylation is 1. The molecular weight excluding hydrogens is 258 g/mol. The normalized spacial score (nSPS) is 12.7. The maximum absolute atomic E-state index is 4.48. The first kappa shape index (κ1) is 18.2. The Morgan fingerprint density at radius 3 is 2.33 bits per heavy atom. The molecule has 3 nitrogen and oxygen atoms in total. The van der Waals surface area contributed by atoms with Crippen LogP contribution in [-0.4, -0.2) is 16.3 Å². The Bertz CT molecular complexity index is 346. The van der Waals surface area contributed by atoms with Crippen LogP contribution < -0.4 is 5.32 Å². The van der Waals surface area contributed by atoms with E-state index in [1.165, 1.54) is 63.4 Å². The average Bonchev–Trinajstić information content (AvgIpc) is 2.96. The first-order valence-electron chi connectivity index (χ1n) is 9.03. The second-order valence-corrected chi connectivity index (χ2v) is 6.19. The summed E-state index contributed by atoms with van der Waals surface area (Å²) in [6.07, 6.45) is 16.4. The summed E-state index contributed by atoms with van der Waals surface area (Å²) in [5.74, 6) is 0. The van der Waals surface area contributed by atoms with Crippen molar-refractivity contribution in [1.82, 2.24) is 15.1 Å². The fourth-order valence-electron chi connectivity index (χ4n) is 2.61. The van der Waals surface area contributed by atoms with Crippen molar-refractivity contribution in [2.75, 3.05) is 6.54 Å². The monoisotopic (exact) mass is 293 g/mol. The van der Waals surface area contributed by atoms with Crippen LogP contribution in [-0.2, 0) is 6.54 Å². The molecule has 1 aromatic heterocycles. The lowest BCUT2D eigenvalue weighted by molar-refractivity contribution is 0.518. The van der Waals surface area contributed by atoms with Gasteiger partial charge in [-0.1, -0.05) is 58.8 Å². The molecule has 1 N–H and O–H groups in total. The lowest BCUT2D eigenvalue weighted by atomic mass is 10.1. The number of hydrogen-bond acceptors (Lipinski definition) is 2. The summed E-state index contributed by atoms with van der Waals surface area (Å²) in [7, 11) is 0. The highest BCUT2D eigenvalue weighted by Gasteiger charge is 2.06. The minimum absolute atomic E-state index is 0.414. The van der Waals surface area contributed by atoms with Crippen LogP contribution in [0.15, 0.2) is 12.4 Å². The van der Waals surface area contributed by atoms with Gasteiger partial charge in [-0.15, -0.1) is 0 Å². The predicted molar refractivity (Wildman–Crippen MR) is 91.5 cm³/mol. The molecule has 0 aliphatic rings. The van der Waals surface area contributed by atoms with Gasteiger partial charge in [0.05, 0.1) is 6.20 Å². The molecule has 0 radical (unpaired) electrons. The summed E-state index contributed by atoms with van der Waals surface area (Å²) >= 11 is 0. The molecule has 0 bridgehead atoms. The van der Waals surface area contributed by atoms with Gasteiger partial charge in [-0.25, -0.2) is 0 Å². The van der Waals surface area contributed by atoms with Crippen LogP contribution in [0.5, 0.6) is 0 Å². The van der Waals surface area contributed by atoms with Crippen molar-refractivity contribution in [3.63, 3.8) is 0 Å². The number of hydrogen-bond donors (Lipinski definition) is 1. The van der Waals surface area contributed by atoms with Crippen LogP contribution in [0.2, 0.25) is 0 Å². The zero-order valence-corrected chi connectivity index (χ0v) is 14.4. The standard InChI is InChI=1S/C18H35N3/c1-4-6-7-8-9-10-11-12-14-21-16-18(15-20-21)17(3)19-13-5-2/h15-17,19H,4-14H2,1-3H3. The van der Waals surface area contributed by atoms with Crippen LogP contribution in [0.1, 0.15) is 90.2 Å². The van der Waals surface area contributed by atoms with Gasteiger partial charge in [0.1, 0.15) is 0 Å². The maximum atomic E-state index is 4.48. The third-order valence-electron chi connectivity index (χ3n) is 4.09. The summed E-state index contributed by atoms with van der Waals surface area (Å²) in [5, 5.41) is 7.99. The highest BCUT2D eigenvalue weighted by Crippen LogP contribution is 2.12. The third kappa shape index (κ3) is 8.25. The van der Waals surface area contributed by atoms with E-state index in [9.17, 15) is 0 Å². The Kier molecular flexibility index (Phi) is 10.2. The second-order valence-electron chi connectivity index (χ2n) is 6.19. The molecule has 1 aromatic rings. The van der Waals surface area contributed by atoms with E-state index in [1.54, 1.807) is 0 Å². The zero-order valence-electron chi connectivity index (χ0n) is 14.4. The van der Waals surface area contributed by atoms with Crippen molar-refractivity contribution in [3.05, 3.63) is 18.0 Å². The Balaban J connectivity index is 2.09. The fraction of sp³-hybridized carbons (Fsp3) is 0.833. The van der Waals surface area contributed by atoms with Gasteiger partial charge in [0.15, 0.2) is 0 Å². The maximum Gasteiger partial charge on any atom is 0.0537 e. The number of unbranched alkanes of at least 4 members (excludes halogenated alkanes) is 7. The molecule has 0 aliphatic heterocycles. The van der Waals surface area contributed by atoms with Gasteiger partial charge in [-0.2, -0.15) is 5.10 Å². The van der Waals surface area contributed by atoms with Crippen LogP contribution in [0, 0.1) is 0 Å². The molecule has 0 fully saturated rings. The van der Waals surface area contributed by atoms with E-state index < -0.39 is 0 Å². The smallest absolute Gasteiger partial charge is 0.0537 e. The fourth-order valence-corrected chi connectivity index (χ4v) is 2.61. The van der Waals surface area contributed by atoms with E-state index in [4.69, 9.17) is 0 Å². The quantitative estimate of drug-likeness (QED) is 0.514. The molecule has 122 valence electrons. The van der Waals surface area contributed by atoms with Crippen LogP contribution in [0.25, 0.3) is 0 Å². The summed E-state index contributed by atoms with van der Waals surface area (Å²) in [5.41, 5.74) is 1.31. The Labute approximate surface area is 131 Å². The first-order chi connectivity index (χ1) is 10.3. The van der Waals surface area contributed by atoms with Gasteiger partial charge < -0.3 is 5.32 Å². The highest BCUT2D eigenvalue weighted by molar-refractivity contribution is 5.09. The largest absolute Gasteiger partial charge is 0.310 e.